The Bertz CT molecular complexity index is 1220. The Morgan fingerprint density at radius 1 is 1.17 bits per heavy atom. The monoisotopic (exact) mass is 533 g/mol. The Labute approximate surface area is 218 Å². The van der Waals surface area contributed by atoms with Crippen LogP contribution >= 0.6 is 11.6 Å². The summed E-state index contributed by atoms with van der Waals surface area (Å²) in [5.41, 5.74) is 0.888. The number of carbonyl (C=O) groups is 1. The molecule has 8 nitrogen and oxygen atoms in total. The molecule has 1 aliphatic rings. The van der Waals surface area contributed by atoms with Gasteiger partial charge in [0.1, 0.15) is 18.0 Å². The maximum atomic E-state index is 12.9. The topological polar surface area (TPSA) is 99.9 Å². The van der Waals surface area contributed by atoms with E-state index < -0.39 is 21.5 Å². The van der Waals surface area contributed by atoms with Gasteiger partial charge in [0.15, 0.2) is 9.84 Å². The number of piperazine rings is 1. The quantitative estimate of drug-likeness (QED) is 0.527. The van der Waals surface area contributed by atoms with Gasteiger partial charge in [-0.3, -0.25) is 9.80 Å². The van der Waals surface area contributed by atoms with E-state index in [0.717, 1.165) is 18.4 Å². The van der Waals surface area contributed by atoms with Gasteiger partial charge < -0.3 is 9.47 Å². The van der Waals surface area contributed by atoms with Gasteiger partial charge in [-0.2, -0.15) is 5.26 Å². The molecule has 10 heteroatoms. The number of nitriles is 1. The first-order valence-corrected chi connectivity index (χ1v) is 14.0. The molecule has 2 aromatic rings. The van der Waals surface area contributed by atoms with Crippen molar-refractivity contribution in [3.05, 3.63) is 58.6 Å². The summed E-state index contributed by atoms with van der Waals surface area (Å²) in [6.07, 6.45) is 1.47. The molecule has 1 fully saturated rings. The van der Waals surface area contributed by atoms with Crippen LogP contribution in [0.25, 0.3) is 0 Å². The highest BCUT2D eigenvalue weighted by molar-refractivity contribution is 7.90. The number of hydrogen-bond acceptors (Lipinski definition) is 7. The number of sulfone groups is 1. The number of carbonyl (C=O) groups excluding carboxylic acids is 1. The third kappa shape index (κ3) is 8.12. The average molecular weight is 534 g/mol. The Hall–Kier alpha value is -2.80. The van der Waals surface area contributed by atoms with Crippen molar-refractivity contribution < 1.29 is 22.7 Å². The van der Waals surface area contributed by atoms with Crippen LogP contribution < -0.4 is 4.74 Å². The molecule has 0 unspecified atom stereocenters. The molecule has 1 heterocycles. The van der Waals surface area contributed by atoms with Gasteiger partial charge in [0.2, 0.25) is 0 Å². The van der Waals surface area contributed by atoms with E-state index in [2.05, 4.69) is 11.0 Å². The highest BCUT2D eigenvalue weighted by Crippen LogP contribution is 2.21. The first kappa shape index (κ1) is 27.8. The second-order valence-electron chi connectivity index (χ2n) is 9.89. The molecule has 194 valence electrons. The van der Waals surface area contributed by atoms with Crippen molar-refractivity contribution in [1.82, 2.24) is 9.80 Å². The molecule has 36 heavy (non-hydrogen) atoms. The molecule has 0 bridgehead atoms. The number of nitrogens with zero attached hydrogens (tertiary/aromatic N) is 3. The molecule has 0 saturated carbocycles. The molecular weight excluding hydrogens is 502 g/mol. The van der Waals surface area contributed by atoms with Gasteiger partial charge in [-0.1, -0.05) is 11.6 Å². The van der Waals surface area contributed by atoms with E-state index in [-0.39, 0.29) is 17.5 Å². The summed E-state index contributed by atoms with van der Waals surface area (Å²) in [6, 6.07) is 13.4. The third-order valence-electron chi connectivity index (χ3n) is 5.69. The summed E-state index contributed by atoms with van der Waals surface area (Å²) in [6.45, 7) is 8.17. The predicted molar refractivity (Wildman–Crippen MR) is 138 cm³/mol. The molecule has 1 amide bonds. The minimum Gasteiger partial charge on any atom is -0.491 e. The molecule has 2 aromatic carbocycles. The zero-order valence-corrected chi connectivity index (χ0v) is 22.6. The van der Waals surface area contributed by atoms with Crippen molar-refractivity contribution >= 4 is 27.5 Å². The third-order valence-corrected chi connectivity index (χ3v) is 7.04. The van der Waals surface area contributed by atoms with Crippen molar-refractivity contribution in [2.24, 2.45) is 0 Å². The van der Waals surface area contributed by atoms with E-state index in [0.29, 0.717) is 42.4 Å². The lowest BCUT2D eigenvalue weighted by Crippen LogP contribution is -2.58. The van der Waals surface area contributed by atoms with Gasteiger partial charge in [-0.05, 0) is 75.2 Å². The Kier molecular flexibility index (Phi) is 8.88. The second-order valence-corrected chi connectivity index (χ2v) is 12.3. The van der Waals surface area contributed by atoms with Crippen molar-refractivity contribution in [1.29, 1.82) is 5.26 Å². The molecular formula is C26H32ClN3O5S. The minimum atomic E-state index is -3.29. The molecule has 3 rings (SSSR count). The summed E-state index contributed by atoms with van der Waals surface area (Å²) in [4.78, 5) is 17.1. The first-order valence-electron chi connectivity index (χ1n) is 11.7. The summed E-state index contributed by atoms with van der Waals surface area (Å²) in [5.74, 6) is 0.520. The van der Waals surface area contributed by atoms with Crippen LogP contribution in [0.4, 0.5) is 4.79 Å². The Balaban J connectivity index is 1.69. The van der Waals surface area contributed by atoms with Crippen molar-refractivity contribution in [2.75, 3.05) is 39.0 Å². The zero-order chi connectivity index (χ0) is 26.5. The minimum absolute atomic E-state index is 0.217. The van der Waals surface area contributed by atoms with E-state index in [1.54, 1.807) is 23.1 Å². The summed E-state index contributed by atoms with van der Waals surface area (Å²) in [5, 5.41) is 9.73. The molecule has 0 aliphatic carbocycles. The number of halogens is 1. The maximum absolute atomic E-state index is 12.9. The van der Waals surface area contributed by atoms with E-state index in [1.165, 1.54) is 12.1 Å². The zero-order valence-electron chi connectivity index (χ0n) is 21.0. The van der Waals surface area contributed by atoms with Gasteiger partial charge >= 0.3 is 6.09 Å². The fourth-order valence-corrected chi connectivity index (χ4v) is 4.84. The lowest BCUT2D eigenvalue weighted by molar-refractivity contribution is -0.00916. The molecule has 0 aromatic heterocycles. The van der Waals surface area contributed by atoms with Crippen molar-refractivity contribution in [2.45, 2.75) is 43.7 Å². The summed E-state index contributed by atoms with van der Waals surface area (Å²) in [7, 11) is -3.29. The van der Waals surface area contributed by atoms with Crippen LogP contribution in [0.5, 0.6) is 5.75 Å². The molecule has 1 saturated heterocycles. The molecule has 0 radical (unpaired) electrons. The van der Waals surface area contributed by atoms with Crippen LogP contribution in [0.1, 0.15) is 31.9 Å². The first-order chi connectivity index (χ1) is 16.8. The average Bonchev–Trinajstić information content (AvgIpc) is 2.79. The van der Waals surface area contributed by atoms with Crippen LogP contribution in [0.15, 0.2) is 47.4 Å². The van der Waals surface area contributed by atoms with Crippen LogP contribution in [-0.2, 0) is 21.0 Å². The SMILES string of the molecule is CC(C)(C)OC(=O)N1CCN(CCc2cc(Cl)cc(C#N)c2)C[C@H]1COc1ccc(S(C)(=O)=O)cc1. The van der Waals surface area contributed by atoms with E-state index >= 15 is 0 Å². The number of rotatable bonds is 7. The second kappa shape index (κ2) is 11.5. The summed E-state index contributed by atoms with van der Waals surface area (Å²) < 4.78 is 35.0. The smallest absolute Gasteiger partial charge is 0.410 e. The normalized spacial score (nSPS) is 16.9. The predicted octanol–water partition coefficient (Wildman–Crippen LogP) is 4.16. The van der Waals surface area contributed by atoms with Crippen molar-refractivity contribution in [3.8, 4) is 11.8 Å². The standard InChI is InChI=1S/C26H32ClN3O5S/c1-26(2,3)35-25(31)30-12-11-29(10-9-19-13-20(16-28)15-21(27)14-19)17-22(30)18-34-23-5-7-24(8-6-23)36(4,32)33/h5-8,13-15,22H,9-12,17-18H2,1-4H3/t22-/m0/s1. The molecule has 1 atom stereocenters. The lowest BCUT2D eigenvalue weighted by atomic mass is 10.1. The Morgan fingerprint density at radius 2 is 1.86 bits per heavy atom. The number of amides is 1. The molecule has 0 spiro atoms. The number of benzene rings is 2. The van der Waals surface area contributed by atoms with E-state index in [1.807, 2.05) is 32.9 Å². The van der Waals surface area contributed by atoms with Crippen LogP contribution in [0.2, 0.25) is 5.02 Å². The fourth-order valence-electron chi connectivity index (χ4n) is 3.95. The molecule has 1 aliphatic heterocycles. The lowest BCUT2D eigenvalue weighted by Gasteiger charge is -2.41. The largest absolute Gasteiger partial charge is 0.491 e. The van der Waals surface area contributed by atoms with Gasteiger partial charge in [0.25, 0.3) is 0 Å². The van der Waals surface area contributed by atoms with Crippen LogP contribution in [0, 0.1) is 11.3 Å². The van der Waals surface area contributed by atoms with E-state index in [9.17, 15) is 18.5 Å². The maximum Gasteiger partial charge on any atom is 0.410 e. The number of hydrogen-bond donors (Lipinski definition) is 0. The van der Waals surface area contributed by atoms with Crippen molar-refractivity contribution in [3.63, 3.8) is 0 Å². The van der Waals surface area contributed by atoms with Crippen LogP contribution in [-0.4, -0.2) is 75.0 Å². The summed E-state index contributed by atoms with van der Waals surface area (Å²) >= 11 is 6.14. The van der Waals surface area contributed by atoms with E-state index in [4.69, 9.17) is 21.1 Å². The highest BCUT2D eigenvalue weighted by atomic mass is 35.5. The number of ether oxygens (including phenoxy) is 2. The molecule has 0 N–H and O–H groups in total. The van der Waals surface area contributed by atoms with Crippen LogP contribution in [0.3, 0.4) is 0 Å². The fraction of sp³-hybridized carbons (Fsp3) is 0.462. The highest BCUT2D eigenvalue weighted by Gasteiger charge is 2.33. The Morgan fingerprint density at radius 3 is 2.47 bits per heavy atom. The van der Waals surface area contributed by atoms with Gasteiger partial charge in [0.05, 0.1) is 22.6 Å². The van der Waals surface area contributed by atoms with Gasteiger partial charge in [0, 0.05) is 37.5 Å². The van der Waals surface area contributed by atoms with Gasteiger partial charge in [-0.15, -0.1) is 0 Å². The van der Waals surface area contributed by atoms with Gasteiger partial charge in [-0.25, -0.2) is 13.2 Å².